The molecule has 0 unspecified atom stereocenters. The lowest BCUT2D eigenvalue weighted by Gasteiger charge is -2.09. The molecule has 0 radical (unpaired) electrons. The van der Waals surface area contributed by atoms with Gasteiger partial charge >= 0.3 is 0 Å². The molecule has 5 aromatic rings. The molecule has 0 atom stereocenters. The monoisotopic (exact) mass is 445 g/mol. The van der Waals surface area contributed by atoms with E-state index in [1.165, 1.54) is 10.8 Å². The summed E-state index contributed by atoms with van der Waals surface area (Å²) in [6.45, 7) is 0.492. The fourth-order valence-electron chi connectivity index (χ4n) is 3.84. The van der Waals surface area contributed by atoms with Gasteiger partial charge in [0, 0.05) is 12.4 Å². The van der Waals surface area contributed by atoms with Crippen LogP contribution in [0.5, 0.6) is 5.75 Å². The first kappa shape index (κ1) is 21.2. The van der Waals surface area contributed by atoms with Gasteiger partial charge in [-0.2, -0.15) is 5.10 Å². The summed E-state index contributed by atoms with van der Waals surface area (Å²) >= 11 is 0. The van der Waals surface area contributed by atoms with Crippen molar-refractivity contribution in [2.24, 2.45) is 5.10 Å². The molecule has 0 spiro atoms. The van der Waals surface area contributed by atoms with E-state index in [-0.39, 0.29) is 5.91 Å². The van der Waals surface area contributed by atoms with Crippen molar-refractivity contribution in [1.82, 2.24) is 9.99 Å². The van der Waals surface area contributed by atoms with Crippen LogP contribution in [0.25, 0.3) is 16.5 Å². The van der Waals surface area contributed by atoms with E-state index >= 15 is 0 Å². The second kappa shape index (κ2) is 9.88. The lowest BCUT2D eigenvalue weighted by molar-refractivity contribution is 0.0955. The van der Waals surface area contributed by atoms with Crippen molar-refractivity contribution >= 4 is 22.9 Å². The fraction of sp³-hybridized carbons (Fsp3) is 0.0345. The molecule has 0 aliphatic heterocycles. The Morgan fingerprint density at radius 3 is 2.41 bits per heavy atom. The van der Waals surface area contributed by atoms with Gasteiger partial charge in [0.25, 0.3) is 5.91 Å². The Bertz CT molecular complexity index is 1430. The summed E-state index contributed by atoms with van der Waals surface area (Å²) in [6.07, 6.45) is 5.42. The summed E-state index contributed by atoms with van der Waals surface area (Å²) < 4.78 is 7.89. The number of fused-ring (bicyclic) bond motifs is 1. The zero-order valence-electron chi connectivity index (χ0n) is 18.5. The van der Waals surface area contributed by atoms with Crippen LogP contribution in [-0.4, -0.2) is 16.7 Å². The minimum Gasteiger partial charge on any atom is -0.489 e. The van der Waals surface area contributed by atoms with Crippen LogP contribution in [0.2, 0.25) is 0 Å². The van der Waals surface area contributed by atoms with Crippen molar-refractivity contribution in [2.75, 3.05) is 0 Å². The van der Waals surface area contributed by atoms with E-state index in [9.17, 15) is 4.79 Å². The smallest absolute Gasteiger partial charge is 0.273 e. The van der Waals surface area contributed by atoms with Crippen LogP contribution in [-0.2, 0) is 6.61 Å². The van der Waals surface area contributed by atoms with Gasteiger partial charge in [-0.3, -0.25) is 4.79 Å². The number of hydrazone groups is 1. The average molecular weight is 446 g/mol. The number of hydrogen-bond acceptors (Lipinski definition) is 3. The zero-order chi connectivity index (χ0) is 23.2. The largest absolute Gasteiger partial charge is 0.489 e. The van der Waals surface area contributed by atoms with Gasteiger partial charge in [0.2, 0.25) is 0 Å². The van der Waals surface area contributed by atoms with Crippen molar-refractivity contribution in [2.45, 2.75) is 6.61 Å². The van der Waals surface area contributed by atoms with Gasteiger partial charge in [-0.1, -0.05) is 54.6 Å². The number of carbonyl (C=O) groups is 1. The van der Waals surface area contributed by atoms with E-state index in [0.717, 1.165) is 22.6 Å². The molecule has 0 fully saturated rings. The maximum atomic E-state index is 12.7. The van der Waals surface area contributed by atoms with Gasteiger partial charge in [0.05, 0.1) is 17.5 Å². The topological polar surface area (TPSA) is 55.6 Å². The number of nitrogens with zero attached hydrogens (tertiary/aromatic N) is 2. The van der Waals surface area contributed by atoms with E-state index in [1.54, 1.807) is 12.3 Å². The van der Waals surface area contributed by atoms with Crippen molar-refractivity contribution in [3.63, 3.8) is 0 Å². The summed E-state index contributed by atoms with van der Waals surface area (Å²) in [5.74, 6) is 0.505. The number of aromatic nitrogens is 1. The molecule has 1 N–H and O–H groups in total. The summed E-state index contributed by atoms with van der Waals surface area (Å²) in [6, 6.07) is 33.4. The minimum absolute atomic E-state index is 0.268. The number of nitrogens with one attached hydrogen (secondary N) is 1. The molecule has 4 aromatic carbocycles. The third-order valence-corrected chi connectivity index (χ3v) is 5.57. The first-order valence-corrected chi connectivity index (χ1v) is 11.0. The van der Waals surface area contributed by atoms with Crippen LogP contribution >= 0.6 is 0 Å². The molecule has 34 heavy (non-hydrogen) atoms. The first-order valence-electron chi connectivity index (χ1n) is 11.0. The highest BCUT2D eigenvalue weighted by Gasteiger charge is 2.11. The highest BCUT2D eigenvalue weighted by atomic mass is 16.5. The SMILES string of the molecule is O=C(N/N=C\c1ccc(OCc2cccc3ccccc23)cc1)c1ccccc1-n1cccc1. The van der Waals surface area contributed by atoms with Crippen LogP contribution in [0.1, 0.15) is 21.5 Å². The van der Waals surface area contributed by atoms with E-state index in [2.05, 4.69) is 34.8 Å². The predicted octanol–water partition coefficient (Wildman–Crippen LogP) is 5.97. The molecule has 5 rings (SSSR count). The molecule has 1 amide bonds. The van der Waals surface area contributed by atoms with Gasteiger partial charge in [0.1, 0.15) is 12.4 Å². The van der Waals surface area contributed by atoms with Crippen molar-refractivity contribution in [3.05, 3.63) is 132 Å². The normalized spacial score (nSPS) is 11.1. The number of amides is 1. The lowest BCUT2D eigenvalue weighted by atomic mass is 10.1. The Morgan fingerprint density at radius 2 is 1.56 bits per heavy atom. The van der Waals surface area contributed by atoms with Gasteiger partial charge in [-0.15, -0.1) is 0 Å². The molecule has 1 heterocycles. The summed E-state index contributed by atoms with van der Waals surface area (Å²) in [5.41, 5.74) is 5.96. The number of para-hydroxylation sites is 1. The van der Waals surface area contributed by atoms with Crippen LogP contribution in [0.15, 0.2) is 121 Å². The van der Waals surface area contributed by atoms with Crippen molar-refractivity contribution in [1.29, 1.82) is 0 Å². The van der Waals surface area contributed by atoms with E-state index in [1.807, 2.05) is 89.8 Å². The van der Waals surface area contributed by atoms with Gasteiger partial charge in [-0.25, -0.2) is 5.43 Å². The van der Waals surface area contributed by atoms with Gasteiger partial charge < -0.3 is 9.30 Å². The number of ether oxygens (including phenoxy) is 1. The second-order valence-corrected chi connectivity index (χ2v) is 7.80. The standard InChI is InChI=1S/C29H23N3O2/c33-29(27-12-3-4-13-28(27)32-18-5-6-19-32)31-30-20-22-14-16-25(17-15-22)34-21-24-10-7-9-23-8-1-2-11-26(23)24/h1-20H,21H2,(H,31,33)/b30-20-. The Morgan fingerprint density at radius 1 is 0.824 bits per heavy atom. The first-order chi connectivity index (χ1) is 16.8. The minimum atomic E-state index is -0.268. The molecular weight excluding hydrogens is 422 g/mol. The molecule has 5 nitrogen and oxygen atoms in total. The molecule has 0 bridgehead atoms. The Balaban J connectivity index is 1.20. The molecule has 1 aromatic heterocycles. The number of hydrogen-bond donors (Lipinski definition) is 1. The van der Waals surface area contributed by atoms with Crippen molar-refractivity contribution in [3.8, 4) is 11.4 Å². The molecule has 166 valence electrons. The fourth-order valence-corrected chi connectivity index (χ4v) is 3.84. The third-order valence-electron chi connectivity index (χ3n) is 5.57. The van der Waals surface area contributed by atoms with E-state index < -0.39 is 0 Å². The number of carbonyl (C=O) groups excluding carboxylic acids is 1. The van der Waals surface area contributed by atoms with Crippen LogP contribution < -0.4 is 10.2 Å². The third kappa shape index (κ3) is 4.74. The molecule has 5 heteroatoms. The van der Waals surface area contributed by atoms with E-state index in [0.29, 0.717) is 12.2 Å². The van der Waals surface area contributed by atoms with Crippen LogP contribution in [0, 0.1) is 0 Å². The average Bonchev–Trinajstić information content (AvgIpc) is 3.43. The van der Waals surface area contributed by atoms with Crippen molar-refractivity contribution < 1.29 is 9.53 Å². The maximum Gasteiger partial charge on any atom is 0.273 e. The van der Waals surface area contributed by atoms with Gasteiger partial charge in [-0.05, 0) is 70.4 Å². The molecule has 0 saturated heterocycles. The summed E-state index contributed by atoms with van der Waals surface area (Å²) in [4.78, 5) is 12.7. The summed E-state index contributed by atoms with van der Waals surface area (Å²) in [7, 11) is 0. The van der Waals surface area contributed by atoms with Crippen LogP contribution in [0.3, 0.4) is 0 Å². The maximum absolute atomic E-state index is 12.7. The quantitative estimate of drug-likeness (QED) is 0.248. The zero-order valence-corrected chi connectivity index (χ0v) is 18.5. The molecular formula is C29H23N3O2. The summed E-state index contributed by atoms with van der Waals surface area (Å²) in [5, 5.41) is 6.52. The van der Waals surface area contributed by atoms with Crippen LogP contribution in [0.4, 0.5) is 0 Å². The Hall–Kier alpha value is -4.64. The lowest BCUT2D eigenvalue weighted by Crippen LogP contribution is -2.19. The van der Waals surface area contributed by atoms with E-state index in [4.69, 9.17) is 4.74 Å². The predicted molar refractivity (Wildman–Crippen MR) is 136 cm³/mol. The highest BCUT2D eigenvalue weighted by Crippen LogP contribution is 2.21. The number of benzene rings is 4. The molecule has 0 aliphatic rings. The molecule has 0 aliphatic carbocycles. The number of rotatable bonds is 7. The highest BCUT2D eigenvalue weighted by molar-refractivity contribution is 5.98. The Labute approximate surface area is 197 Å². The second-order valence-electron chi connectivity index (χ2n) is 7.80. The van der Waals surface area contributed by atoms with Gasteiger partial charge in [0.15, 0.2) is 0 Å². The molecule has 0 saturated carbocycles. The Kier molecular flexibility index (Phi) is 6.16.